The van der Waals surface area contributed by atoms with Crippen LogP contribution in [0.2, 0.25) is 0 Å². The lowest BCUT2D eigenvalue weighted by Gasteiger charge is -2.18. The van der Waals surface area contributed by atoms with Crippen LogP contribution in [-0.4, -0.2) is 23.0 Å². The van der Waals surface area contributed by atoms with Crippen molar-refractivity contribution in [3.63, 3.8) is 0 Å². The van der Waals surface area contributed by atoms with E-state index in [4.69, 9.17) is 5.11 Å². The van der Waals surface area contributed by atoms with E-state index in [1.165, 1.54) is 0 Å². The zero-order valence-electron chi connectivity index (χ0n) is 9.91. The molecule has 1 aromatic carbocycles. The largest absolute Gasteiger partial charge is 0.481 e. The fourth-order valence-electron chi connectivity index (χ4n) is 1.29. The highest BCUT2D eigenvalue weighted by Crippen LogP contribution is 2.19. The van der Waals surface area contributed by atoms with Crippen LogP contribution >= 0.6 is 38.5 Å². The number of amides is 1. The standard InChI is InChI=1S/C12H13BrINO3/c1-6(12(17)18)7(2)15-11(16)9-5-8(14)3-4-10(9)13/h3-7H,1-2H3,(H,15,16)(H,17,18). The van der Waals surface area contributed by atoms with E-state index in [0.29, 0.717) is 10.0 Å². The van der Waals surface area contributed by atoms with Crippen molar-refractivity contribution in [2.24, 2.45) is 5.92 Å². The van der Waals surface area contributed by atoms with Gasteiger partial charge in [-0.2, -0.15) is 0 Å². The highest BCUT2D eigenvalue weighted by molar-refractivity contribution is 14.1. The monoisotopic (exact) mass is 425 g/mol. The first-order chi connectivity index (χ1) is 8.32. The van der Waals surface area contributed by atoms with E-state index in [1.54, 1.807) is 26.0 Å². The summed E-state index contributed by atoms with van der Waals surface area (Å²) in [6.45, 7) is 3.25. The molecule has 0 aliphatic carbocycles. The van der Waals surface area contributed by atoms with Gasteiger partial charge in [0.25, 0.3) is 5.91 Å². The lowest BCUT2D eigenvalue weighted by molar-refractivity contribution is -0.141. The highest BCUT2D eigenvalue weighted by atomic mass is 127. The van der Waals surface area contributed by atoms with Crippen LogP contribution in [0, 0.1) is 9.49 Å². The highest BCUT2D eigenvalue weighted by Gasteiger charge is 2.22. The molecule has 18 heavy (non-hydrogen) atoms. The zero-order chi connectivity index (χ0) is 13.9. The van der Waals surface area contributed by atoms with Gasteiger partial charge >= 0.3 is 5.97 Å². The minimum Gasteiger partial charge on any atom is -0.481 e. The maximum absolute atomic E-state index is 12.0. The molecule has 0 heterocycles. The van der Waals surface area contributed by atoms with Crippen molar-refractivity contribution in [3.8, 4) is 0 Å². The minimum atomic E-state index is -0.926. The Kier molecular flexibility index (Phi) is 5.58. The van der Waals surface area contributed by atoms with Gasteiger partial charge in [0.2, 0.25) is 0 Å². The van der Waals surface area contributed by atoms with Crippen molar-refractivity contribution in [2.45, 2.75) is 19.9 Å². The first kappa shape index (κ1) is 15.4. The third-order valence-electron chi connectivity index (χ3n) is 2.67. The molecule has 0 aromatic heterocycles. The molecule has 0 saturated heterocycles. The van der Waals surface area contributed by atoms with Crippen LogP contribution in [0.25, 0.3) is 0 Å². The third-order valence-corrected chi connectivity index (χ3v) is 4.03. The van der Waals surface area contributed by atoms with Gasteiger partial charge in [-0.1, -0.05) is 0 Å². The number of hydrogen-bond acceptors (Lipinski definition) is 2. The molecule has 0 aliphatic rings. The van der Waals surface area contributed by atoms with E-state index in [0.717, 1.165) is 3.57 Å². The van der Waals surface area contributed by atoms with Crippen molar-refractivity contribution < 1.29 is 14.7 Å². The summed E-state index contributed by atoms with van der Waals surface area (Å²) in [5.41, 5.74) is 0.506. The van der Waals surface area contributed by atoms with E-state index < -0.39 is 17.9 Å². The van der Waals surface area contributed by atoms with Gasteiger partial charge in [0.1, 0.15) is 0 Å². The molecule has 0 aliphatic heterocycles. The van der Waals surface area contributed by atoms with Gasteiger partial charge < -0.3 is 10.4 Å². The van der Waals surface area contributed by atoms with Crippen molar-refractivity contribution in [3.05, 3.63) is 31.8 Å². The summed E-state index contributed by atoms with van der Waals surface area (Å²) in [5.74, 6) is -1.83. The topological polar surface area (TPSA) is 66.4 Å². The van der Waals surface area contributed by atoms with Gasteiger partial charge in [-0.15, -0.1) is 0 Å². The van der Waals surface area contributed by atoms with Crippen LogP contribution in [-0.2, 0) is 4.79 Å². The van der Waals surface area contributed by atoms with Gasteiger partial charge in [0, 0.05) is 14.1 Å². The molecule has 0 fully saturated rings. The van der Waals surface area contributed by atoms with Crippen LogP contribution in [0.1, 0.15) is 24.2 Å². The van der Waals surface area contributed by atoms with Crippen LogP contribution in [0.4, 0.5) is 0 Å². The molecule has 0 radical (unpaired) electrons. The molecular formula is C12H13BrINO3. The van der Waals surface area contributed by atoms with Crippen LogP contribution in [0.5, 0.6) is 0 Å². The van der Waals surface area contributed by atoms with E-state index >= 15 is 0 Å². The number of carbonyl (C=O) groups excluding carboxylic acids is 1. The Hall–Kier alpha value is -0.630. The van der Waals surface area contributed by atoms with E-state index in [2.05, 4.69) is 43.8 Å². The fraction of sp³-hybridized carbons (Fsp3) is 0.333. The van der Waals surface area contributed by atoms with Crippen LogP contribution < -0.4 is 5.32 Å². The van der Waals surface area contributed by atoms with Gasteiger partial charge in [0.15, 0.2) is 0 Å². The maximum Gasteiger partial charge on any atom is 0.308 e. The lowest BCUT2D eigenvalue weighted by Crippen LogP contribution is -2.40. The van der Waals surface area contributed by atoms with Crippen molar-refractivity contribution in [1.82, 2.24) is 5.32 Å². The summed E-state index contributed by atoms with van der Waals surface area (Å²) in [6, 6.07) is 4.99. The molecule has 2 unspecified atom stereocenters. The predicted molar refractivity (Wildman–Crippen MR) is 80.6 cm³/mol. The summed E-state index contributed by atoms with van der Waals surface area (Å²) in [6.07, 6.45) is 0. The number of carboxylic acids is 1. The smallest absolute Gasteiger partial charge is 0.308 e. The van der Waals surface area contributed by atoms with E-state index in [-0.39, 0.29) is 5.91 Å². The summed E-state index contributed by atoms with van der Waals surface area (Å²) >= 11 is 5.42. The quantitative estimate of drug-likeness (QED) is 0.729. The first-order valence-electron chi connectivity index (χ1n) is 5.31. The predicted octanol–water partition coefficient (Wildman–Crippen LogP) is 2.89. The SMILES string of the molecule is CC(NC(=O)c1cc(I)ccc1Br)C(C)C(=O)O. The lowest BCUT2D eigenvalue weighted by atomic mass is 10.0. The molecule has 0 bridgehead atoms. The molecule has 1 rings (SSSR count). The average molecular weight is 426 g/mol. The molecule has 2 atom stereocenters. The molecule has 0 saturated carbocycles. The average Bonchev–Trinajstić information content (AvgIpc) is 2.30. The van der Waals surface area contributed by atoms with Gasteiger partial charge in [-0.3, -0.25) is 9.59 Å². The van der Waals surface area contributed by atoms with Crippen molar-refractivity contribution in [2.75, 3.05) is 0 Å². The molecule has 1 aromatic rings. The minimum absolute atomic E-state index is 0.277. The molecule has 4 nitrogen and oxygen atoms in total. The second-order valence-corrected chi connectivity index (χ2v) is 6.11. The Morgan fingerprint density at radius 1 is 1.39 bits per heavy atom. The Balaban J connectivity index is 2.82. The number of aliphatic carboxylic acids is 1. The summed E-state index contributed by atoms with van der Waals surface area (Å²) in [7, 11) is 0. The number of carboxylic acid groups (broad SMARTS) is 1. The van der Waals surface area contributed by atoms with Gasteiger partial charge in [-0.05, 0) is 70.6 Å². The second-order valence-electron chi connectivity index (χ2n) is 4.01. The Bertz CT molecular complexity index is 478. The Morgan fingerprint density at radius 3 is 2.56 bits per heavy atom. The number of nitrogens with one attached hydrogen (secondary N) is 1. The second kappa shape index (κ2) is 6.51. The number of halogens is 2. The maximum atomic E-state index is 12.0. The number of hydrogen-bond donors (Lipinski definition) is 2. The number of carbonyl (C=O) groups is 2. The van der Waals surface area contributed by atoms with Gasteiger partial charge in [-0.25, -0.2) is 0 Å². The fourth-order valence-corrected chi connectivity index (χ4v) is 2.21. The van der Waals surface area contributed by atoms with Gasteiger partial charge in [0.05, 0.1) is 11.5 Å². The van der Waals surface area contributed by atoms with Crippen molar-refractivity contribution in [1.29, 1.82) is 0 Å². The molecule has 2 N–H and O–H groups in total. The molecule has 1 amide bonds. The Labute approximate surface area is 127 Å². The van der Waals surface area contributed by atoms with Crippen LogP contribution in [0.15, 0.2) is 22.7 Å². The molecule has 6 heteroatoms. The molecule has 0 spiro atoms. The van der Waals surface area contributed by atoms with E-state index in [9.17, 15) is 9.59 Å². The normalized spacial score (nSPS) is 13.8. The number of rotatable bonds is 4. The summed E-state index contributed by atoms with van der Waals surface area (Å²) in [4.78, 5) is 22.8. The van der Waals surface area contributed by atoms with Crippen molar-refractivity contribution >= 4 is 50.4 Å². The van der Waals surface area contributed by atoms with E-state index in [1.807, 2.05) is 6.07 Å². The number of benzene rings is 1. The third kappa shape index (κ3) is 3.94. The first-order valence-corrected chi connectivity index (χ1v) is 7.18. The summed E-state index contributed by atoms with van der Waals surface area (Å²) < 4.78 is 1.63. The zero-order valence-corrected chi connectivity index (χ0v) is 13.6. The molecular weight excluding hydrogens is 413 g/mol. The molecule has 98 valence electrons. The summed E-state index contributed by atoms with van der Waals surface area (Å²) in [5, 5.41) is 11.6. The van der Waals surface area contributed by atoms with Crippen LogP contribution in [0.3, 0.4) is 0 Å². The Morgan fingerprint density at radius 2 is 2.00 bits per heavy atom.